The van der Waals surface area contributed by atoms with Gasteiger partial charge >= 0.3 is 0 Å². The van der Waals surface area contributed by atoms with Gasteiger partial charge in [0, 0.05) is 23.5 Å². The smallest absolute Gasteiger partial charge is 0.269 e. The van der Waals surface area contributed by atoms with Crippen LogP contribution in [0.1, 0.15) is 42.2 Å². The number of carbonyl (C=O) groups is 1. The van der Waals surface area contributed by atoms with Crippen molar-refractivity contribution in [1.82, 2.24) is 14.7 Å². The van der Waals surface area contributed by atoms with E-state index in [0.29, 0.717) is 23.8 Å². The molecule has 6 nitrogen and oxygen atoms in total. The normalized spacial score (nSPS) is 27.5. The monoisotopic (exact) mass is 314 g/mol. The number of methoxy groups -OCH3 is 1. The molecule has 6 heteroatoms. The Hall–Kier alpha value is -2.08. The van der Waals surface area contributed by atoms with Gasteiger partial charge in [0.25, 0.3) is 5.91 Å². The fraction of sp³-hybridized carbons (Fsp3) is 0.529. The second-order valence-electron chi connectivity index (χ2n) is 6.72. The summed E-state index contributed by atoms with van der Waals surface area (Å²) in [6, 6.07) is 7.21. The largest absolute Gasteiger partial charge is 0.497 e. The Morgan fingerprint density at radius 3 is 2.57 bits per heavy atom. The molecule has 1 aromatic heterocycles. The summed E-state index contributed by atoms with van der Waals surface area (Å²) in [5, 5.41) is 5.39. The standard InChI is InChI=1S/C17H22N4O2/c1-20-10-3-4-11(20)8-12(7-10)21-15-9-13(23-2)5-6-14(15)16(19-21)17(18)22/h5-6,9-12H,3-4,7-8H2,1-2H3,(H2,18,22). The Kier molecular flexibility index (Phi) is 3.30. The van der Waals surface area contributed by atoms with Crippen molar-refractivity contribution in [2.75, 3.05) is 14.2 Å². The molecule has 2 aliphatic heterocycles. The molecule has 3 heterocycles. The third kappa shape index (κ3) is 2.20. The first kappa shape index (κ1) is 14.5. The molecule has 0 spiro atoms. The molecule has 0 radical (unpaired) electrons. The fourth-order valence-electron chi connectivity index (χ4n) is 4.29. The number of rotatable bonds is 3. The summed E-state index contributed by atoms with van der Waals surface area (Å²) in [5.74, 6) is 0.292. The Balaban J connectivity index is 1.81. The highest BCUT2D eigenvalue weighted by atomic mass is 16.5. The zero-order valence-electron chi connectivity index (χ0n) is 13.5. The van der Waals surface area contributed by atoms with Crippen molar-refractivity contribution in [1.29, 1.82) is 0 Å². The van der Waals surface area contributed by atoms with Crippen LogP contribution >= 0.6 is 0 Å². The summed E-state index contributed by atoms with van der Waals surface area (Å²) in [4.78, 5) is 14.3. The third-order valence-electron chi connectivity index (χ3n) is 5.57. The summed E-state index contributed by atoms with van der Waals surface area (Å²) in [6.45, 7) is 0. The van der Waals surface area contributed by atoms with E-state index in [1.807, 2.05) is 22.9 Å². The maximum absolute atomic E-state index is 11.8. The van der Waals surface area contributed by atoms with Crippen molar-refractivity contribution >= 4 is 16.8 Å². The zero-order chi connectivity index (χ0) is 16.1. The number of carbonyl (C=O) groups excluding carboxylic acids is 1. The molecule has 23 heavy (non-hydrogen) atoms. The van der Waals surface area contributed by atoms with Crippen LogP contribution in [0, 0.1) is 0 Å². The van der Waals surface area contributed by atoms with E-state index in [0.717, 1.165) is 29.5 Å². The van der Waals surface area contributed by atoms with Crippen molar-refractivity contribution in [3.63, 3.8) is 0 Å². The molecule has 2 unspecified atom stereocenters. The molecule has 2 aliphatic rings. The highest BCUT2D eigenvalue weighted by Crippen LogP contribution is 2.41. The molecule has 2 bridgehead atoms. The van der Waals surface area contributed by atoms with Gasteiger partial charge in [0.15, 0.2) is 5.69 Å². The number of aromatic nitrogens is 2. The average molecular weight is 314 g/mol. The minimum absolute atomic E-state index is 0.311. The lowest BCUT2D eigenvalue weighted by atomic mass is 9.98. The number of hydrogen-bond donors (Lipinski definition) is 1. The SMILES string of the molecule is COc1ccc2c(C(N)=O)nn(C3CC4CCC(C3)N4C)c2c1. The minimum Gasteiger partial charge on any atom is -0.497 e. The molecule has 0 saturated carbocycles. The fourth-order valence-corrected chi connectivity index (χ4v) is 4.29. The minimum atomic E-state index is -0.477. The van der Waals surface area contributed by atoms with Gasteiger partial charge in [-0.1, -0.05) is 0 Å². The predicted molar refractivity (Wildman–Crippen MR) is 87.6 cm³/mol. The van der Waals surface area contributed by atoms with Crippen molar-refractivity contribution in [2.45, 2.75) is 43.8 Å². The number of ether oxygens (including phenoxy) is 1. The Bertz CT molecular complexity index is 755. The van der Waals surface area contributed by atoms with Crippen LogP contribution in [0.15, 0.2) is 18.2 Å². The van der Waals surface area contributed by atoms with Crippen LogP contribution in [0.25, 0.3) is 10.9 Å². The topological polar surface area (TPSA) is 73.4 Å². The first-order valence-corrected chi connectivity index (χ1v) is 8.16. The third-order valence-corrected chi connectivity index (χ3v) is 5.57. The number of fused-ring (bicyclic) bond motifs is 3. The maximum atomic E-state index is 11.8. The maximum Gasteiger partial charge on any atom is 0.269 e. The number of nitrogens with two attached hydrogens (primary N) is 1. The van der Waals surface area contributed by atoms with E-state index in [9.17, 15) is 4.79 Å². The van der Waals surface area contributed by atoms with Crippen molar-refractivity contribution < 1.29 is 9.53 Å². The molecule has 2 aromatic rings. The Morgan fingerprint density at radius 1 is 1.26 bits per heavy atom. The van der Waals surface area contributed by atoms with Gasteiger partial charge < -0.3 is 15.4 Å². The van der Waals surface area contributed by atoms with Gasteiger partial charge in [-0.15, -0.1) is 0 Å². The number of benzene rings is 1. The number of amides is 1. The van der Waals surface area contributed by atoms with E-state index in [4.69, 9.17) is 10.5 Å². The first-order chi connectivity index (χ1) is 11.1. The summed E-state index contributed by atoms with van der Waals surface area (Å²) in [7, 11) is 3.87. The van der Waals surface area contributed by atoms with Gasteiger partial charge in [0.05, 0.1) is 18.7 Å². The number of piperidine rings is 1. The second kappa shape index (κ2) is 5.23. The summed E-state index contributed by atoms with van der Waals surface area (Å²) < 4.78 is 7.35. The molecule has 122 valence electrons. The number of hydrogen-bond acceptors (Lipinski definition) is 4. The van der Waals surface area contributed by atoms with Crippen LogP contribution < -0.4 is 10.5 Å². The van der Waals surface area contributed by atoms with E-state index in [-0.39, 0.29) is 0 Å². The van der Waals surface area contributed by atoms with Crippen LogP contribution in [0.4, 0.5) is 0 Å². The molecule has 1 aromatic carbocycles. The van der Waals surface area contributed by atoms with Gasteiger partial charge in [-0.25, -0.2) is 0 Å². The van der Waals surface area contributed by atoms with Crippen molar-refractivity contribution in [3.05, 3.63) is 23.9 Å². The zero-order valence-corrected chi connectivity index (χ0v) is 13.5. The summed E-state index contributed by atoms with van der Waals surface area (Å²) >= 11 is 0. The van der Waals surface area contributed by atoms with Gasteiger partial charge in [0.2, 0.25) is 0 Å². The molecular formula is C17H22N4O2. The highest BCUT2D eigenvalue weighted by molar-refractivity contribution is 6.04. The predicted octanol–water partition coefficient (Wildman–Crippen LogP) is 1.94. The van der Waals surface area contributed by atoms with Crippen molar-refractivity contribution in [3.8, 4) is 5.75 Å². The lowest BCUT2D eigenvalue weighted by Crippen LogP contribution is -2.40. The van der Waals surface area contributed by atoms with Gasteiger partial charge in [-0.3, -0.25) is 9.48 Å². The number of primary amides is 1. The van der Waals surface area contributed by atoms with E-state index in [1.54, 1.807) is 7.11 Å². The summed E-state index contributed by atoms with van der Waals surface area (Å²) in [5.41, 5.74) is 6.82. The Morgan fingerprint density at radius 2 is 1.96 bits per heavy atom. The molecule has 0 aliphatic carbocycles. The van der Waals surface area contributed by atoms with Gasteiger partial charge in [-0.2, -0.15) is 5.10 Å². The van der Waals surface area contributed by atoms with Gasteiger partial charge in [-0.05, 0) is 44.9 Å². The first-order valence-electron chi connectivity index (χ1n) is 8.16. The quantitative estimate of drug-likeness (QED) is 0.939. The molecule has 4 rings (SSSR count). The molecule has 2 saturated heterocycles. The van der Waals surface area contributed by atoms with E-state index in [2.05, 4.69) is 17.0 Å². The van der Waals surface area contributed by atoms with Crippen LogP contribution in [0.3, 0.4) is 0 Å². The van der Waals surface area contributed by atoms with Crippen LogP contribution in [0.5, 0.6) is 5.75 Å². The molecular weight excluding hydrogens is 292 g/mol. The van der Waals surface area contributed by atoms with Crippen LogP contribution in [-0.2, 0) is 0 Å². The van der Waals surface area contributed by atoms with E-state index >= 15 is 0 Å². The second-order valence-corrected chi connectivity index (χ2v) is 6.72. The lowest BCUT2D eigenvalue weighted by molar-refractivity contribution is 0.0993. The Labute approximate surface area is 135 Å². The molecule has 1 amide bonds. The van der Waals surface area contributed by atoms with Gasteiger partial charge in [0.1, 0.15) is 5.75 Å². The molecule has 2 fully saturated rings. The van der Waals surface area contributed by atoms with E-state index in [1.165, 1.54) is 12.8 Å². The van der Waals surface area contributed by atoms with Crippen LogP contribution in [0.2, 0.25) is 0 Å². The van der Waals surface area contributed by atoms with Crippen LogP contribution in [-0.4, -0.2) is 46.8 Å². The average Bonchev–Trinajstić information content (AvgIpc) is 2.99. The lowest BCUT2D eigenvalue weighted by Gasteiger charge is -2.36. The molecule has 2 atom stereocenters. The number of nitrogens with zero attached hydrogens (tertiary/aromatic N) is 3. The highest BCUT2D eigenvalue weighted by Gasteiger charge is 2.40. The molecule has 2 N–H and O–H groups in total. The van der Waals surface area contributed by atoms with Crippen molar-refractivity contribution in [2.24, 2.45) is 5.73 Å². The summed E-state index contributed by atoms with van der Waals surface area (Å²) in [6.07, 6.45) is 4.64. The van der Waals surface area contributed by atoms with E-state index < -0.39 is 5.91 Å².